The van der Waals surface area contributed by atoms with E-state index in [2.05, 4.69) is 15.0 Å². The number of nitrogens with zero attached hydrogens (tertiary/aromatic N) is 2. The number of pyridine rings is 1. The molecule has 3 rings (SSSR count). The van der Waals surface area contributed by atoms with Gasteiger partial charge in [0.1, 0.15) is 4.90 Å². The zero-order valence-electron chi connectivity index (χ0n) is 15.0. The van der Waals surface area contributed by atoms with Crippen LogP contribution in [0.25, 0.3) is 10.9 Å². The second-order valence-electron chi connectivity index (χ2n) is 6.75. The molecule has 1 aromatic carbocycles. The Bertz CT molecular complexity index is 936. The van der Waals surface area contributed by atoms with Gasteiger partial charge in [-0.15, -0.1) is 0 Å². The van der Waals surface area contributed by atoms with Crippen molar-refractivity contribution in [3.63, 3.8) is 0 Å². The van der Waals surface area contributed by atoms with Gasteiger partial charge < -0.3 is 10.1 Å². The van der Waals surface area contributed by atoms with E-state index >= 15 is 0 Å². The molecule has 2 N–H and O–H groups in total. The third kappa shape index (κ3) is 4.08. The smallest absolute Gasteiger partial charge is 0.278 e. The number of piperidine rings is 1. The van der Waals surface area contributed by atoms with Gasteiger partial charge in [0.15, 0.2) is 0 Å². The highest BCUT2D eigenvalue weighted by Gasteiger charge is 2.34. The lowest BCUT2D eigenvalue weighted by Gasteiger charge is -2.37. The fraction of sp³-hybridized carbons (Fsp3) is 0.471. The number of nitro groups is 1. The molecule has 0 spiro atoms. The molecule has 1 aromatic heterocycles. The Kier molecular flexibility index (Phi) is 5.70. The average Bonchev–Trinajstić information content (AvgIpc) is 2.66. The second-order valence-corrected chi connectivity index (χ2v) is 8.48. The van der Waals surface area contributed by atoms with Crippen LogP contribution in [0.15, 0.2) is 35.4 Å². The lowest BCUT2D eigenvalue weighted by molar-refractivity contribution is -0.383. The number of benzene rings is 1. The van der Waals surface area contributed by atoms with E-state index in [4.69, 9.17) is 4.74 Å². The predicted octanol–water partition coefficient (Wildman–Crippen LogP) is 1.44. The molecular formula is C17H22N4O5S. The number of nitro benzene ring substituents is 1. The van der Waals surface area contributed by atoms with Crippen molar-refractivity contribution in [3.05, 3.63) is 40.6 Å². The molecule has 0 amide bonds. The number of hydrogen-bond acceptors (Lipinski definition) is 7. The van der Waals surface area contributed by atoms with Crippen LogP contribution in [-0.4, -0.2) is 51.7 Å². The van der Waals surface area contributed by atoms with Gasteiger partial charge >= 0.3 is 0 Å². The van der Waals surface area contributed by atoms with Gasteiger partial charge in [-0.25, -0.2) is 13.1 Å². The fourth-order valence-electron chi connectivity index (χ4n) is 3.47. The minimum absolute atomic E-state index is 0.0646. The normalized spacial score (nSPS) is 17.1. The minimum atomic E-state index is -3.90. The molecule has 2 heterocycles. The van der Waals surface area contributed by atoms with E-state index in [0.717, 1.165) is 25.9 Å². The summed E-state index contributed by atoms with van der Waals surface area (Å²) in [5.74, 6) is 0. The molecule has 2 aromatic rings. The maximum absolute atomic E-state index is 12.9. The van der Waals surface area contributed by atoms with Gasteiger partial charge in [-0.1, -0.05) is 0 Å². The molecule has 0 bridgehead atoms. The molecule has 10 heteroatoms. The summed E-state index contributed by atoms with van der Waals surface area (Å²) >= 11 is 0. The van der Waals surface area contributed by atoms with Crippen LogP contribution in [0.1, 0.15) is 12.8 Å². The van der Waals surface area contributed by atoms with Crippen LogP contribution < -0.4 is 10.0 Å². The first-order chi connectivity index (χ1) is 12.9. The maximum Gasteiger partial charge on any atom is 0.278 e. The van der Waals surface area contributed by atoms with Gasteiger partial charge in [0.05, 0.1) is 22.4 Å². The molecule has 1 aliphatic rings. The van der Waals surface area contributed by atoms with E-state index in [0.29, 0.717) is 6.61 Å². The van der Waals surface area contributed by atoms with Crippen LogP contribution in [0.3, 0.4) is 0 Å². The minimum Gasteiger partial charge on any atom is -0.384 e. The number of fused-ring (bicyclic) bond motifs is 1. The third-order valence-corrected chi connectivity index (χ3v) is 6.38. The summed E-state index contributed by atoms with van der Waals surface area (Å²) in [5.41, 5.74) is -0.367. The summed E-state index contributed by atoms with van der Waals surface area (Å²) in [6.45, 7) is 2.28. The topological polar surface area (TPSA) is 123 Å². The van der Waals surface area contributed by atoms with E-state index in [9.17, 15) is 18.5 Å². The fourth-order valence-corrected chi connectivity index (χ4v) is 4.79. The quantitative estimate of drug-likeness (QED) is 0.538. The Hall–Kier alpha value is -2.14. The highest BCUT2D eigenvalue weighted by atomic mass is 32.2. The van der Waals surface area contributed by atoms with Gasteiger partial charge in [0.25, 0.3) is 5.69 Å². The van der Waals surface area contributed by atoms with Crippen LogP contribution >= 0.6 is 0 Å². The molecule has 9 nitrogen and oxygen atoms in total. The SMILES string of the molecule is COCC1(CNS(=O)(=O)c2ccc([N+](=O)[O-])c3cccnc23)CCNCC1. The van der Waals surface area contributed by atoms with Crippen molar-refractivity contribution in [1.29, 1.82) is 0 Å². The van der Waals surface area contributed by atoms with Crippen molar-refractivity contribution in [2.75, 3.05) is 33.4 Å². The summed E-state index contributed by atoms with van der Waals surface area (Å²) in [7, 11) is -2.29. The molecule has 0 aliphatic carbocycles. The Morgan fingerprint density at radius 3 is 2.74 bits per heavy atom. The summed E-state index contributed by atoms with van der Waals surface area (Å²) in [4.78, 5) is 14.7. The second kappa shape index (κ2) is 7.85. The summed E-state index contributed by atoms with van der Waals surface area (Å²) in [6.07, 6.45) is 3.01. The van der Waals surface area contributed by atoms with Crippen LogP contribution in [0.2, 0.25) is 0 Å². The molecule has 1 saturated heterocycles. The standard InChI is InChI=1S/C17H22N4O5S/c1-26-12-17(6-9-18-10-7-17)11-20-27(24,25)15-5-4-14(21(22)23)13-3-2-8-19-16(13)15/h2-5,8,18,20H,6-7,9-12H2,1H3. The molecule has 0 radical (unpaired) electrons. The average molecular weight is 394 g/mol. The summed E-state index contributed by atoms with van der Waals surface area (Å²) < 4.78 is 33.9. The molecule has 0 unspecified atom stereocenters. The van der Waals surface area contributed by atoms with Crippen LogP contribution in [-0.2, 0) is 14.8 Å². The van der Waals surface area contributed by atoms with Crippen molar-refractivity contribution < 1.29 is 18.1 Å². The number of non-ortho nitro benzene ring substituents is 1. The number of methoxy groups -OCH3 is 1. The first-order valence-electron chi connectivity index (χ1n) is 8.60. The zero-order chi connectivity index (χ0) is 19.5. The van der Waals surface area contributed by atoms with Crippen LogP contribution in [0.4, 0.5) is 5.69 Å². The van der Waals surface area contributed by atoms with Gasteiger partial charge in [-0.2, -0.15) is 0 Å². The summed E-state index contributed by atoms with van der Waals surface area (Å²) in [5, 5.41) is 14.7. The monoisotopic (exact) mass is 394 g/mol. The van der Waals surface area contributed by atoms with E-state index < -0.39 is 14.9 Å². The molecule has 146 valence electrons. The third-order valence-electron chi connectivity index (χ3n) is 4.95. The number of rotatable bonds is 7. The molecule has 1 aliphatic heterocycles. The lowest BCUT2D eigenvalue weighted by Crippen LogP contribution is -2.47. The first-order valence-corrected chi connectivity index (χ1v) is 10.1. The van der Waals surface area contributed by atoms with Crippen molar-refractivity contribution >= 4 is 26.6 Å². The van der Waals surface area contributed by atoms with Crippen LogP contribution in [0.5, 0.6) is 0 Å². The number of ether oxygens (including phenoxy) is 1. The highest BCUT2D eigenvalue weighted by molar-refractivity contribution is 7.89. The Morgan fingerprint density at radius 2 is 2.07 bits per heavy atom. The van der Waals surface area contributed by atoms with Gasteiger partial charge in [-0.3, -0.25) is 15.1 Å². The number of hydrogen-bond donors (Lipinski definition) is 2. The van der Waals surface area contributed by atoms with Gasteiger partial charge in [0, 0.05) is 31.3 Å². The molecule has 1 fully saturated rings. The van der Waals surface area contributed by atoms with Crippen molar-refractivity contribution in [2.45, 2.75) is 17.7 Å². The van der Waals surface area contributed by atoms with Crippen molar-refractivity contribution in [2.24, 2.45) is 5.41 Å². The summed E-state index contributed by atoms with van der Waals surface area (Å²) in [6, 6.07) is 5.48. The van der Waals surface area contributed by atoms with E-state index in [-0.39, 0.29) is 33.4 Å². The van der Waals surface area contributed by atoms with Gasteiger partial charge in [0.2, 0.25) is 10.0 Å². The van der Waals surface area contributed by atoms with Crippen molar-refractivity contribution in [1.82, 2.24) is 15.0 Å². The number of sulfonamides is 1. The Balaban J connectivity index is 1.93. The Labute approximate surface area is 157 Å². The largest absolute Gasteiger partial charge is 0.384 e. The van der Waals surface area contributed by atoms with E-state index in [1.165, 1.54) is 24.4 Å². The maximum atomic E-state index is 12.9. The zero-order valence-corrected chi connectivity index (χ0v) is 15.8. The Morgan fingerprint density at radius 1 is 1.33 bits per heavy atom. The number of nitrogens with one attached hydrogen (secondary N) is 2. The molecule has 0 atom stereocenters. The first kappa shape index (κ1) is 19.6. The number of aromatic nitrogens is 1. The molecule has 0 saturated carbocycles. The van der Waals surface area contributed by atoms with E-state index in [1.807, 2.05) is 0 Å². The van der Waals surface area contributed by atoms with Crippen molar-refractivity contribution in [3.8, 4) is 0 Å². The molecule has 27 heavy (non-hydrogen) atoms. The highest BCUT2D eigenvalue weighted by Crippen LogP contribution is 2.31. The van der Waals surface area contributed by atoms with Crippen LogP contribution in [0, 0.1) is 15.5 Å². The lowest BCUT2D eigenvalue weighted by atomic mass is 9.80. The molecular weight excluding hydrogens is 372 g/mol. The van der Waals surface area contributed by atoms with Gasteiger partial charge in [-0.05, 0) is 44.1 Å². The predicted molar refractivity (Wildman–Crippen MR) is 100.0 cm³/mol. The van der Waals surface area contributed by atoms with E-state index in [1.54, 1.807) is 13.2 Å².